The van der Waals surface area contributed by atoms with Gasteiger partial charge in [0.25, 0.3) is 0 Å². The molecule has 1 fully saturated rings. The smallest absolute Gasteiger partial charge is 0.244 e. The molecule has 3 aromatic rings. The molecule has 1 aliphatic heterocycles. The maximum Gasteiger partial charge on any atom is 0.244 e. The van der Waals surface area contributed by atoms with E-state index >= 15 is 0 Å². The summed E-state index contributed by atoms with van der Waals surface area (Å²) in [5, 5.41) is 1.51. The highest BCUT2D eigenvalue weighted by atomic mass is 32.2. The maximum atomic E-state index is 13.3. The van der Waals surface area contributed by atoms with Crippen LogP contribution in [0.5, 0.6) is 0 Å². The number of hydrogen-bond acceptors (Lipinski definition) is 5. The van der Waals surface area contributed by atoms with Crippen molar-refractivity contribution in [1.29, 1.82) is 0 Å². The molecule has 0 amide bonds. The minimum atomic E-state index is -3.80. The number of carbonyl (C=O) groups excluding carboxylic acids is 1. The summed E-state index contributed by atoms with van der Waals surface area (Å²) in [4.78, 5) is 13.8. The van der Waals surface area contributed by atoms with Gasteiger partial charge in [-0.05, 0) is 17.5 Å². The van der Waals surface area contributed by atoms with E-state index in [4.69, 9.17) is 4.42 Å². The van der Waals surface area contributed by atoms with E-state index < -0.39 is 16.1 Å². The van der Waals surface area contributed by atoms with Crippen LogP contribution in [0.25, 0.3) is 10.8 Å². The molecule has 134 valence electrons. The summed E-state index contributed by atoms with van der Waals surface area (Å²) in [5.74, 6) is 0.638. The van der Waals surface area contributed by atoms with Gasteiger partial charge in [0.2, 0.25) is 10.0 Å². The fraction of sp³-hybridized carbons (Fsp3) is 0.211. The van der Waals surface area contributed by atoms with Gasteiger partial charge in [0.05, 0.1) is 17.2 Å². The zero-order valence-corrected chi connectivity index (χ0v) is 14.8. The molecule has 2 aromatic carbocycles. The zero-order valence-electron chi connectivity index (χ0n) is 14.0. The molecule has 0 spiro atoms. The van der Waals surface area contributed by atoms with E-state index in [9.17, 15) is 13.2 Å². The van der Waals surface area contributed by atoms with Gasteiger partial charge in [0.15, 0.2) is 5.88 Å². The fourth-order valence-corrected chi connectivity index (χ4v) is 5.16. The van der Waals surface area contributed by atoms with Crippen LogP contribution in [0.15, 0.2) is 70.2 Å². The Morgan fingerprint density at radius 3 is 2.58 bits per heavy atom. The summed E-state index contributed by atoms with van der Waals surface area (Å²) in [6, 6.07) is 15.3. The van der Waals surface area contributed by atoms with Crippen molar-refractivity contribution in [3.8, 4) is 0 Å². The van der Waals surface area contributed by atoms with Gasteiger partial charge in [-0.15, -0.1) is 0 Å². The first-order chi connectivity index (χ1) is 12.6. The van der Waals surface area contributed by atoms with Crippen molar-refractivity contribution in [3.63, 3.8) is 0 Å². The van der Waals surface area contributed by atoms with Gasteiger partial charge in [-0.1, -0.05) is 36.4 Å². The molecule has 2 heterocycles. The van der Waals surface area contributed by atoms with Crippen LogP contribution in [-0.4, -0.2) is 44.7 Å². The number of carbonyl (C=O) groups is 1. The third kappa shape index (κ3) is 2.79. The van der Waals surface area contributed by atoms with Crippen molar-refractivity contribution in [3.05, 3.63) is 60.9 Å². The molecule has 0 aliphatic carbocycles. The Morgan fingerprint density at radius 1 is 1.00 bits per heavy atom. The number of hydrogen-bond donors (Lipinski definition) is 0. The lowest BCUT2D eigenvalue weighted by molar-refractivity contribution is -0.111. The minimum absolute atomic E-state index is 0.218. The number of rotatable bonds is 4. The van der Waals surface area contributed by atoms with E-state index in [1.165, 1.54) is 4.31 Å². The van der Waals surface area contributed by atoms with Gasteiger partial charge in [0, 0.05) is 31.1 Å². The Balaban J connectivity index is 1.70. The zero-order chi connectivity index (χ0) is 18.1. The summed E-state index contributed by atoms with van der Waals surface area (Å²) >= 11 is 0. The van der Waals surface area contributed by atoms with Crippen molar-refractivity contribution < 1.29 is 17.6 Å². The molecule has 1 aromatic heterocycles. The number of nitrogens with zero attached hydrogens (tertiary/aromatic N) is 2. The summed E-state index contributed by atoms with van der Waals surface area (Å²) in [5.41, 5.74) is 0. The van der Waals surface area contributed by atoms with Crippen molar-refractivity contribution in [2.24, 2.45) is 0 Å². The summed E-state index contributed by atoms with van der Waals surface area (Å²) < 4.78 is 33.2. The number of sulfonamides is 1. The quantitative estimate of drug-likeness (QED) is 0.660. The third-order valence-electron chi connectivity index (χ3n) is 4.68. The second-order valence-corrected chi connectivity index (χ2v) is 8.05. The van der Waals surface area contributed by atoms with Gasteiger partial charge < -0.3 is 14.1 Å². The highest BCUT2D eigenvalue weighted by molar-refractivity contribution is 7.89. The number of anilines is 1. The summed E-state index contributed by atoms with van der Waals surface area (Å²) in [6.07, 6.45) is 2.25. The Labute approximate surface area is 151 Å². The minimum Gasteiger partial charge on any atom is -0.449 e. The predicted molar refractivity (Wildman–Crippen MR) is 98.6 cm³/mol. The third-order valence-corrected chi connectivity index (χ3v) is 6.66. The van der Waals surface area contributed by atoms with Crippen LogP contribution < -0.4 is 4.90 Å². The molecule has 6 nitrogen and oxygen atoms in total. The Morgan fingerprint density at radius 2 is 1.81 bits per heavy atom. The number of furan rings is 1. The molecule has 0 radical (unpaired) electrons. The van der Waals surface area contributed by atoms with Crippen molar-refractivity contribution in [2.75, 3.05) is 24.5 Å². The molecular formula is C19H18N2O4S. The molecule has 0 N–H and O–H groups in total. The van der Waals surface area contributed by atoms with Crippen LogP contribution in [0.2, 0.25) is 0 Å². The van der Waals surface area contributed by atoms with Gasteiger partial charge >= 0.3 is 0 Å². The van der Waals surface area contributed by atoms with Gasteiger partial charge in [-0.3, -0.25) is 0 Å². The highest BCUT2D eigenvalue weighted by Crippen LogP contribution is 2.29. The van der Waals surface area contributed by atoms with Crippen LogP contribution in [-0.2, 0) is 14.8 Å². The van der Waals surface area contributed by atoms with Crippen molar-refractivity contribution >= 4 is 33.0 Å². The topological polar surface area (TPSA) is 70.8 Å². The molecule has 0 bridgehead atoms. The molecule has 0 saturated carbocycles. The monoisotopic (exact) mass is 370 g/mol. The number of aldehydes is 1. The fourth-order valence-electron chi connectivity index (χ4n) is 3.40. The second-order valence-electron chi connectivity index (χ2n) is 6.19. The van der Waals surface area contributed by atoms with Crippen LogP contribution in [0, 0.1) is 0 Å². The van der Waals surface area contributed by atoms with E-state index in [-0.39, 0.29) is 18.0 Å². The molecule has 1 aliphatic rings. The molecular weight excluding hydrogens is 352 g/mol. The molecule has 7 heteroatoms. The molecule has 1 unspecified atom stereocenters. The SMILES string of the molecule is O=CC1CN(c2ccco2)CCN1S(=O)(=O)c1cccc2ccccc12. The molecule has 1 saturated heterocycles. The Bertz CT molecular complexity index is 1030. The second kappa shape index (κ2) is 6.59. The summed E-state index contributed by atoms with van der Waals surface area (Å²) in [6.45, 7) is 0.943. The van der Waals surface area contributed by atoms with Crippen LogP contribution in [0.1, 0.15) is 0 Å². The van der Waals surface area contributed by atoms with Crippen molar-refractivity contribution in [2.45, 2.75) is 10.9 Å². The van der Waals surface area contributed by atoms with Crippen LogP contribution >= 0.6 is 0 Å². The number of piperazine rings is 1. The lowest BCUT2D eigenvalue weighted by Gasteiger charge is -2.38. The number of benzene rings is 2. The standard InChI is InChI=1S/C19H18N2O4S/c22-14-16-13-20(19-9-4-12-25-19)10-11-21(16)26(23,24)18-8-3-6-15-5-1-2-7-17(15)18/h1-9,12,14,16H,10-11,13H2. The Hall–Kier alpha value is -2.64. The Kier molecular flexibility index (Phi) is 4.26. The normalized spacial score (nSPS) is 18.9. The first kappa shape index (κ1) is 16.8. The first-order valence-corrected chi connectivity index (χ1v) is 9.78. The molecule has 4 rings (SSSR count). The van der Waals surface area contributed by atoms with Gasteiger partial charge in [0.1, 0.15) is 6.29 Å². The van der Waals surface area contributed by atoms with E-state index in [0.29, 0.717) is 24.1 Å². The van der Waals surface area contributed by atoms with E-state index in [0.717, 1.165) is 5.39 Å². The average molecular weight is 370 g/mol. The number of fused-ring (bicyclic) bond motifs is 1. The maximum absolute atomic E-state index is 13.3. The predicted octanol–water partition coefficient (Wildman–Crippen LogP) is 2.51. The van der Waals surface area contributed by atoms with E-state index in [1.807, 2.05) is 29.2 Å². The van der Waals surface area contributed by atoms with Gasteiger partial charge in [-0.2, -0.15) is 4.31 Å². The lowest BCUT2D eigenvalue weighted by atomic mass is 10.1. The van der Waals surface area contributed by atoms with Crippen LogP contribution in [0.3, 0.4) is 0 Å². The molecule has 1 atom stereocenters. The average Bonchev–Trinajstić information content (AvgIpc) is 3.21. The van der Waals surface area contributed by atoms with E-state index in [2.05, 4.69) is 0 Å². The largest absolute Gasteiger partial charge is 0.449 e. The highest BCUT2D eigenvalue weighted by Gasteiger charge is 2.37. The first-order valence-electron chi connectivity index (χ1n) is 8.34. The van der Waals surface area contributed by atoms with Crippen molar-refractivity contribution in [1.82, 2.24) is 4.31 Å². The molecule has 26 heavy (non-hydrogen) atoms. The van der Waals surface area contributed by atoms with Crippen LogP contribution in [0.4, 0.5) is 5.88 Å². The van der Waals surface area contributed by atoms with Gasteiger partial charge in [-0.25, -0.2) is 8.42 Å². The van der Waals surface area contributed by atoms with E-state index in [1.54, 1.807) is 36.6 Å². The lowest BCUT2D eigenvalue weighted by Crippen LogP contribution is -2.55. The summed E-state index contributed by atoms with van der Waals surface area (Å²) in [7, 11) is -3.80.